The lowest BCUT2D eigenvalue weighted by Gasteiger charge is -2.15. The highest BCUT2D eigenvalue weighted by Gasteiger charge is 2.24. The molecule has 0 bridgehead atoms. The van der Waals surface area contributed by atoms with Crippen LogP contribution in [-0.2, 0) is 21.3 Å². The summed E-state index contributed by atoms with van der Waals surface area (Å²) in [6, 6.07) is 0. The number of nitrogens with two attached hydrogens (primary N) is 1. The molecule has 0 saturated heterocycles. The molecule has 0 spiro atoms. The normalized spacial score (nSPS) is 15.9. The van der Waals surface area contributed by atoms with Gasteiger partial charge in [0.05, 0.1) is 19.3 Å². The second kappa shape index (κ2) is 6.66. The van der Waals surface area contributed by atoms with Crippen LogP contribution in [0.4, 0.5) is 0 Å². The van der Waals surface area contributed by atoms with Crippen LogP contribution in [0.3, 0.4) is 0 Å². The van der Waals surface area contributed by atoms with Gasteiger partial charge in [-0.1, -0.05) is 0 Å². The Kier molecular flexibility index (Phi) is 5.14. The molecule has 0 aromatic carbocycles. The zero-order chi connectivity index (χ0) is 14.6. The molecule has 20 heavy (non-hydrogen) atoms. The van der Waals surface area contributed by atoms with Gasteiger partial charge >= 0.3 is 0 Å². The molecule has 1 fully saturated rings. The highest BCUT2D eigenvalue weighted by atomic mass is 32.2. The summed E-state index contributed by atoms with van der Waals surface area (Å²) in [4.78, 5) is 0.190. The Bertz CT molecular complexity index is 525. The Morgan fingerprint density at radius 1 is 1.55 bits per heavy atom. The lowest BCUT2D eigenvalue weighted by Crippen LogP contribution is -2.30. The Morgan fingerprint density at radius 3 is 2.95 bits per heavy atom. The number of aromatic nitrogens is 2. The van der Waals surface area contributed by atoms with Crippen molar-refractivity contribution in [1.29, 1.82) is 0 Å². The highest BCUT2D eigenvalue weighted by Crippen LogP contribution is 2.28. The van der Waals surface area contributed by atoms with Crippen molar-refractivity contribution < 1.29 is 13.2 Å². The van der Waals surface area contributed by atoms with Crippen molar-refractivity contribution in [1.82, 2.24) is 14.1 Å². The van der Waals surface area contributed by atoms with E-state index >= 15 is 0 Å². The van der Waals surface area contributed by atoms with Crippen molar-refractivity contribution in [2.24, 2.45) is 11.7 Å². The average molecular weight is 302 g/mol. The fourth-order valence-corrected chi connectivity index (χ4v) is 2.87. The fraction of sp³-hybridized carbons (Fsp3) is 0.750. The predicted molar refractivity (Wildman–Crippen MR) is 74.6 cm³/mol. The van der Waals surface area contributed by atoms with Gasteiger partial charge in [0.2, 0.25) is 10.0 Å². The van der Waals surface area contributed by atoms with Gasteiger partial charge in [0.25, 0.3) is 0 Å². The maximum Gasteiger partial charge on any atom is 0.246 e. The minimum absolute atomic E-state index is 0.190. The number of hydrogen-bond acceptors (Lipinski definition) is 5. The monoisotopic (exact) mass is 302 g/mol. The third-order valence-corrected chi connectivity index (χ3v) is 5.09. The van der Waals surface area contributed by atoms with Crippen molar-refractivity contribution >= 4 is 10.0 Å². The molecular weight excluding hydrogens is 280 g/mol. The van der Waals surface area contributed by atoms with Crippen molar-refractivity contribution in [2.45, 2.75) is 24.3 Å². The fourth-order valence-electron chi connectivity index (χ4n) is 1.76. The molecule has 1 aliphatic rings. The second-order valence-corrected chi connectivity index (χ2v) is 7.12. The van der Waals surface area contributed by atoms with E-state index in [1.54, 1.807) is 7.05 Å². The lowest BCUT2D eigenvalue weighted by atomic mass is 10.5. The van der Waals surface area contributed by atoms with Gasteiger partial charge in [0.15, 0.2) is 0 Å². The topological polar surface area (TPSA) is 90.5 Å². The molecule has 114 valence electrons. The summed E-state index contributed by atoms with van der Waals surface area (Å²) < 4.78 is 32.8. The molecular formula is C12H22N4O3S. The summed E-state index contributed by atoms with van der Waals surface area (Å²) >= 11 is 0. The Balaban J connectivity index is 1.86. The second-order valence-electron chi connectivity index (χ2n) is 5.07. The average Bonchev–Trinajstić information content (AvgIpc) is 3.11. The smallest absolute Gasteiger partial charge is 0.246 e. The third kappa shape index (κ3) is 4.02. The predicted octanol–water partition coefficient (Wildman–Crippen LogP) is -0.111. The molecule has 1 saturated carbocycles. The molecule has 1 aromatic rings. The molecule has 0 unspecified atom stereocenters. The van der Waals surface area contributed by atoms with E-state index in [0.717, 1.165) is 6.61 Å². The molecule has 0 radical (unpaired) electrons. The summed E-state index contributed by atoms with van der Waals surface area (Å²) in [5.74, 6) is 0.686. The maximum absolute atomic E-state index is 12.3. The van der Waals surface area contributed by atoms with Gasteiger partial charge in [-0.05, 0) is 18.8 Å². The van der Waals surface area contributed by atoms with Gasteiger partial charge in [-0.25, -0.2) is 8.42 Å². The summed E-state index contributed by atoms with van der Waals surface area (Å²) in [7, 11) is -1.94. The molecule has 1 aromatic heterocycles. The number of rotatable bonds is 9. The summed E-state index contributed by atoms with van der Waals surface area (Å²) in [5.41, 5.74) is 5.41. The van der Waals surface area contributed by atoms with E-state index in [9.17, 15) is 8.42 Å². The summed E-state index contributed by atoms with van der Waals surface area (Å²) in [6.45, 7) is 2.43. The Hall–Kier alpha value is -0.960. The number of ether oxygens (including phenoxy) is 1. The van der Waals surface area contributed by atoms with E-state index in [-0.39, 0.29) is 4.90 Å². The van der Waals surface area contributed by atoms with E-state index < -0.39 is 10.0 Å². The van der Waals surface area contributed by atoms with Crippen molar-refractivity contribution in [3.05, 3.63) is 12.4 Å². The lowest BCUT2D eigenvalue weighted by molar-refractivity contribution is 0.117. The quantitative estimate of drug-likeness (QED) is 0.643. The first-order valence-corrected chi connectivity index (χ1v) is 8.24. The standard InChI is InChI=1S/C12H22N4O3S/c1-15(6-7-19-10-11-2-3-11)20(17,18)12-8-14-16(9-12)5-4-13/h8-9,11H,2-7,10,13H2,1H3. The Labute approximate surface area is 119 Å². The van der Waals surface area contributed by atoms with Crippen LogP contribution < -0.4 is 5.73 Å². The third-order valence-electron chi connectivity index (χ3n) is 3.28. The first kappa shape index (κ1) is 15.4. The van der Waals surface area contributed by atoms with Crippen LogP contribution in [0.2, 0.25) is 0 Å². The number of sulfonamides is 1. The van der Waals surface area contributed by atoms with Gasteiger partial charge in [-0.15, -0.1) is 0 Å². The number of hydrogen-bond donors (Lipinski definition) is 1. The number of likely N-dealkylation sites (N-methyl/N-ethyl adjacent to an activating group) is 1. The molecule has 1 aliphatic carbocycles. The molecule has 0 aliphatic heterocycles. The van der Waals surface area contributed by atoms with E-state index in [0.29, 0.717) is 32.2 Å². The summed E-state index contributed by atoms with van der Waals surface area (Å²) in [6.07, 6.45) is 5.32. The highest BCUT2D eigenvalue weighted by molar-refractivity contribution is 7.89. The largest absolute Gasteiger partial charge is 0.380 e. The van der Waals surface area contributed by atoms with Crippen LogP contribution in [0.25, 0.3) is 0 Å². The first-order chi connectivity index (χ1) is 9.54. The minimum atomic E-state index is -3.49. The van der Waals surface area contributed by atoms with Crippen LogP contribution in [0.15, 0.2) is 17.3 Å². The first-order valence-electron chi connectivity index (χ1n) is 6.80. The van der Waals surface area contributed by atoms with Gasteiger partial charge in [0.1, 0.15) is 4.90 Å². The SMILES string of the molecule is CN(CCOCC1CC1)S(=O)(=O)c1cnn(CCN)c1. The molecule has 2 N–H and O–H groups in total. The van der Waals surface area contributed by atoms with E-state index in [2.05, 4.69) is 5.10 Å². The molecule has 0 atom stereocenters. The van der Waals surface area contributed by atoms with Gasteiger partial charge in [-0.2, -0.15) is 9.40 Å². The molecule has 1 heterocycles. The van der Waals surface area contributed by atoms with Gasteiger partial charge in [-0.3, -0.25) is 4.68 Å². The van der Waals surface area contributed by atoms with Crippen molar-refractivity contribution in [2.75, 3.05) is 33.4 Å². The molecule has 0 amide bonds. The minimum Gasteiger partial charge on any atom is -0.380 e. The van der Waals surface area contributed by atoms with Crippen LogP contribution in [0.1, 0.15) is 12.8 Å². The van der Waals surface area contributed by atoms with Gasteiger partial charge in [0, 0.05) is 32.9 Å². The summed E-state index contributed by atoms with van der Waals surface area (Å²) in [5, 5.41) is 3.98. The Morgan fingerprint density at radius 2 is 2.30 bits per heavy atom. The van der Waals surface area contributed by atoms with Gasteiger partial charge < -0.3 is 10.5 Å². The van der Waals surface area contributed by atoms with E-state index in [4.69, 9.17) is 10.5 Å². The maximum atomic E-state index is 12.3. The van der Waals surface area contributed by atoms with Crippen LogP contribution in [0, 0.1) is 5.92 Å². The molecule has 7 nitrogen and oxygen atoms in total. The molecule has 2 rings (SSSR count). The van der Waals surface area contributed by atoms with E-state index in [1.807, 2.05) is 0 Å². The molecule has 8 heteroatoms. The van der Waals surface area contributed by atoms with E-state index in [1.165, 1.54) is 34.2 Å². The van der Waals surface area contributed by atoms with Crippen molar-refractivity contribution in [3.8, 4) is 0 Å². The zero-order valence-electron chi connectivity index (χ0n) is 11.7. The van der Waals surface area contributed by atoms with Crippen LogP contribution in [-0.4, -0.2) is 55.9 Å². The van der Waals surface area contributed by atoms with Crippen LogP contribution in [0.5, 0.6) is 0 Å². The number of nitrogens with zero attached hydrogens (tertiary/aromatic N) is 3. The van der Waals surface area contributed by atoms with Crippen molar-refractivity contribution in [3.63, 3.8) is 0 Å². The zero-order valence-corrected chi connectivity index (χ0v) is 12.6. The van der Waals surface area contributed by atoms with Crippen LogP contribution >= 0.6 is 0 Å².